The lowest BCUT2D eigenvalue weighted by molar-refractivity contribution is 0.393. The van der Waals surface area contributed by atoms with Crippen molar-refractivity contribution in [3.05, 3.63) is 47.0 Å². The summed E-state index contributed by atoms with van der Waals surface area (Å²) in [4.78, 5) is 0. The Labute approximate surface area is 117 Å². The van der Waals surface area contributed by atoms with Gasteiger partial charge in [0.25, 0.3) is 0 Å². The molecule has 2 aliphatic carbocycles. The van der Waals surface area contributed by atoms with Crippen LogP contribution in [0, 0.1) is 31.6 Å². The van der Waals surface area contributed by atoms with E-state index in [0.717, 1.165) is 17.8 Å². The number of hydrogen-bond acceptors (Lipinski definition) is 1. The summed E-state index contributed by atoms with van der Waals surface area (Å²) in [5, 5.41) is 3.76. The molecule has 2 bridgehead atoms. The van der Waals surface area contributed by atoms with E-state index in [9.17, 15) is 0 Å². The number of rotatable bonds is 4. The zero-order valence-corrected chi connectivity index (χ0v) is 12.3. The highest BCUT2D eigenvalue weighted by atomic mass is 14.9. The normalized spacial score (nSPS) is 29.9. The summed E-state index contributed by atoms with van der Waals surface area (Å²) < 4.78 is 0. The van der Waals surface area contributed by atoms with Crippen LogP contribution in [0.5, 0.6) is 0 Å². The van der Waals surface area contributed by atoms with E-state index in [4.69, 9.17) is 0 Å². The average molecular weight is 255 g/mol. The minimum atomic E-state index is 0.461. The summed E-state index contributed by atoms with van der Waals surface area (Å²) in [6.07, 6.45) is 7.68. The summed E-state index contributed by atoms with van der Waals surface area (Å²) in [5.74, 6) is 2.60. The molecule has 19 heavy (non-hydrogen) atoms. The van der Waals surface area contributed by atoms with Gasteiger partial charge in [-0.2, -0.15) is 0 Å². The SMILES string of the molecule is Cc1ccc(C)c(C(C)NCC2CC3C=CC2C3)c1. The molecule has 1 fully saturated rings. The van der Waals surface area contributed by atoms with Gasteiger partial charge in [0, 0.05) is 6.04 Å². The highest BCUT2D eigenvalue weighted by Crippen LogP contribution is 2.43. The van der Waals surface area contributed by atoms with Crippen molar-refractivity contribution in [1.29, 1.82) is 0 Å². The standard InChI is InChI=1S/C18H25N/c1-12-4-5-13(2)18(8-12)14(3)19-11-17-10-15-6-7-16(17)9-15/h4-8,14-17,19H,9-11H2,1-3H3. The predicted octanol–water partition coefficient (Wildman–Crippen LogP) is 4.17. The summed E-state index contributed by atoms with van der Waals surface area (Å²) in [7, 11) is 0. The van der Waals surface area contributed by atoms with Crippen molar-refractivity contribution in [3.8, 4) is 0 Å². The van der Waals surface area contributed by atoms with Gasteiger partial charge in [-0.3, -0.25) is 0 Å². The minimum absolute atomic E-state index is 0.461. The Balaban J connectivity index is 1.60. The highest BCUT2D eigenvalue weighted by Gasteiger charge is 2.35. The summed E-state index contributed by atoms with van der Waals surface area (Å²) >= 11 is 0. The molecular formula is C18H25N. The van der Waals surface area contributed by atoms with Gasteiger partial charge < -0.3 is 5.32 Å². The number of hydrogen-bond donors (Lipinski definition) is 1. The van der Waals surface area contributed by atoms with Gasteiger partial charge in [-0.25, -0.2) is 0 Å². The molecule has 4 unspecified atom stereocenters. The van der Waals surface area contributed by atoms with Gasteiger partial charge in [-0.05, 0) is 69.0 Å². The monoisotopic (exact) mass is 255 g/mol. The van der Waals surface area contributed by atoms with E-state index in [0.29, 0.717) is 6.04 Å². The van der Waals surface area contributed by atoms with Crippen molar-refractivity contribution in [2.45, 2.75) is 39.7 Å². The molecule has 1 saturated carbocycles. The summed E-state index contributed by atoms with van der Waals surface area (Å²) in [5.41, 5.74) is 4.22. The van der Waals surface area contributed by atoms with E-state index in [1.165, 1.54) is 36.1 Å². The first kappa shape index (κ1) is 12.9. The van der Waals surface area contributed by atoms with Crippen LogP contribution in [0.3, 0.4) is 0 Å². The lowest BCUT2D eigenvalue weighted by atomic mass is 9.92. The summed E-state index contributed by atoms with van der Waals surface area (Å²) in [6, 6.07) is 7.23. The maximum atomic E-state index is 3.76. The molecule has 1 aromatic rings. The Bertz CT molecular complexity index is 488. The second kappa shape index (κ2) is 5.13. The van der Waals surface area contributed by atoms with Crippen LogP contribution in [0.2, 0.25) is 0 Å². The topological polar surface area (TPSA) is 12.0 Å². The molecule has 3 rings (SSSR count). The van der Waals surface area contributed by atoms with Crippen LogP contribution < -0.4 is 5.32 Å². The zero-order chi connectivity index (χ0) is 13.4. The maximum Gasteiger partial charge on any atom is 0.0294 e. The van der Waals surface area contributed by atoms with Gasteiger partial charge in [0.15, 0.2) is 0 Å². The van der Waals surface area contributed by atoms with E-state index in [1.807, 2.05) is 0 Å². The van der Waals surface area contributed by atoms with Crippen LogP contribution in [-0.4, -0.2) is 6.54 Å². The van der Waals surface area contributed by atoms with Gasteiger partial charge in [0.1, 0.15) is 0 Å². The van der Waals surface area contributed by atoms with Gasteiger partial charge in [-0.15, -0.1) is 0 Å². The van der Waals surface area contributed by atoms with E-state index in [2.05, 4.69) is 56.4 Å². The average Bonchev–Trinajstić information content (AvgIpc) is 3.01. The molecule has 0 saturated heterocycles. The molecule has 1 heteroatoms. The second-order valence-corrected chi connectivity index (χ2v) is 6.53. The van der Waals surface area contributed by atoms with E-state index in [-0.39, 0.29) is 0 Å². The largest absolute Gasteiger partial charge is 0.310 e. The zero-order valence-electron chi connectivity index (χ0n) is 12.3. The fourth-order valence-corrected chi connectivity index (χ4v) is 3.79. The molecule has 1 nitrogen and oxygen atoms in total. The van der Waals surface area contributed by atoms with Crippen molar-refractivity contribution in [1.82, 2.24) is 5.32 Å². The highest BCUT2D eigenvalue weighted by molar-refractivity contribution is 5.32. The van der Waals surface area contributed by atoms with Crippen molar-refractivity contribution in [3.63, 3.8) is 0 Å². The van der Waals surface area contributed by atoms with Crippen molar-refractivity contribution in [2.75, 3.05) is 6.54 Å². The van der Waals surface area contributed by atoms with Crippen molar-refractivity contribution < 1.29 is 0 Å². The first-order valence-electron chi connectivity index (χ1n) is 7.62. The van der Waals surface area contributed by atoms with Gasteiger partial charge in [0.05, 0.1) is 0 Å². The third-order valence-corrected chi connectivity index (χ3v) is 5.00. The van der Waals surface area contributed by atoms with Crippen LogP contribution in [0.4, 0.5) is 0 Å². The molecule has 4 atom stereocenters. The first-order chi connectivity index (χ1) is 9.13. The van der Waals surface area contributed by atoms with Gasteiger partial charge in [-0.1, -0.05) is 35.9 Å². The number of fused-ring (bicyclic) bond motifs is 2. The molecule has 2 aliphatic rings. The van der Waals surface area contributed by atoms with E-state index in [1.54, 1.807) is 0 Å². The molecule has 1 N–H and O–H groups in total. The third-order valence-electron chi connectivity index (χ3n) is 5.00. The quantitative estimate of drug-likeness (QED) is 0.796. The Hall–Kier alpha value is -1.08. The van der Waals surface area contributed by atoms with Crippen LogP contribution in [0.15, 0.2) is 30.4 Å². The molecule has 0 amide bonds. The number of nitrogens with one attached hydrogen (secondary N) is 1. The van der Waals surface area contributed by atoms with E-state index >= 15 is 0 Å². The molecule has 0 aliphatic heterocycles. The smallest absolute Gasteiger partial charge is 0.0294 e. The molecular weight excluding hydrogens is 230 g/mol. The number of allylic oxidation sites excluding steroid dienone is 2. The van der Waals surface area contributed by atoms with Crippen molar-refractivity contribution >= 4 is 0 Å². The molecule has 102 valence electrons. The van der Waals surface area contributed by atoms with Gasteiger partial charge in [0.2, 0.25) is 0 Å². The number of aryl methyl sites for hydroxylation is 2. The molecule has 0 spiro atoms. The van der Waals surface area contributed by atoms with Crippen LogP contribution in [0.25, 0.3) is 0 Å². The molecule has 0 heterocycles. The molecule has 1 aromatic carbocycles. The lowest BCUT2D eigenvalue weighted by Gasteiger charge is -2.23. The van der Waals surface area contributed by atoms with Crippen molar-refractivity contribution in [2.24, 2.45) is 17.8 Å². The first-order valence-corrected chi connectivity index (χ1v) is 7.62. The Morgan fingerprint density at radius 1 is 1.21 bits per heavy atom. The second-order valence-electron chi connectivity index (χ2n) is 6.53. The fourth-order valence-electron chi connectivity index (χ4n) is 3.79. The van der Waals surface area contributed by atoms with Gasteiger partial charge >= 0.3 is 0 Å². The maximum absolute atomic E-state index is 3.76. The number of benzene rings is 1. The van der Waals surface area contributed by atoms with Crippen LogP contribution in [0.1, 0.15) is 42.5 Å². The van der Waals surface area contributed by atoms with E-state index < -0.39 is 0 Å². The molecule has 0 radical (unpaired) electrons. The lowest BCUT2D eigenvalue weighted by Crippen LogP contribution is -2.28. The Morgan fingerprint density at radius 2 is 2.05 bits per heavy atom. The molecule has 0 aromatic heterocycles. The van der Waals surface area contributed by atoms with Crippen LogP contribution >= 0.6 is 0 Å². The van der Waals surface area contributed by atoms with Crippen LogP contribution in [-0.2, 0) is 0 Å². The summed E-state index contributed by atoms with van der Waals surface area (Å²) in [6.45, 7) is 7.86. The minimum Gasteiger partial charge on any atom is -0.310 e. The Morgan fingerprint density at radius 3 is 2.74 bits per heavy atom. The predicted molar refractivity (Wildman–Crippen MR) is 81.2 cm³/mol. The third kappa shape index (κ3) is 2.62. The fraction of sp³-hybridized carbons (Fsp3) is 0.556. The Kier molecular flexibility index (Phi) is 3.49.